The van der Waals surface area contributed by atoms with Crippen molar-refractivity contribution in [2.45, 2.75) is 6.92 Å². The SMILES string of the molecule is CNc1c([N+](=O)[O-])cc2[nH]c(C)nc2c1[N+](=O)[O-]. The Kier molecular flexibility index (Phi) is 2.58. The fraction of sp³-hybridized carbons (Fsp3) is 0.222. The molecule has 1 aromatic heterocycles. The number of benzene rings is 1. The summed E-state index contributed by atoms with van der Waals surface area (Å²) in [6, 6.07) is 1.23. The molecule has 2 aromatic rings. The van der Waals surface area contributed by atoms with E-state index in [0.717, 1.165) is 0 Å². The molecule has 94 valence electrons. The second-order valence-electron chi connectivity index (χ2n) is 3.60. The Morgan fingerprint density at radius 2 is 2.00 bits per heavy atom. The molecule has 0 amide bonds. The summed E-state index contributed by atoms with van der Waals surface area (Å²) in [5, 5.41) is 24.5. The summed E-state index contributed by atoms with van der Waals surface area (Å²) in [6.45, 7) is 1.62. The quantitative estimate of drug-likeness (QED) is 0.631. The Balaban J connectivity index is 2.95. The van der Waals surface area contributed by atoms with Crippen LogP contribution in [0.5, 0.6) is 0 Å². The Morgan fingerprint density at radius 1 is 1.33 bits per heavy atom. The molecule has 9 heteroatoms. The molecule has 0 fully saturated rings. The maximum Gasteiger partial charge on any atom is 0.327 e. The summed E-state index contributed by atoms with van der Waals surface area (Å²) in [5.41, 5.74) is -0.534. The van der Waals surface area contributed by atoms with Gasteiger partial charge in [-0.3, -0.25) is 20.2 Å². The number of nitro groups is 2. The molecule has 0 atom stereocenters. The molecule has 9 nitrogen and oxygen atoms in total. The number of aryl methyl sites for hydroxylation is 1. The Morgan fingerprint density at radius 3 is 2.50 bits per heavy atom. The minimum Gasteiger partial charge on any atom is -0.377 e. The van der Waals surface area contributed by atoms with E-state index in [0.29, 0.717) is 5.82 Å². The average Bonchev–Trinajstić information content (AvgIpc) is 2.65. The molecule has 1 aromatic carbocycles. The van der Waals surface area contributed by atoms with Crippen LogP contribution in [0.3, 0.4) is 0 Å². The minimum atomic E-state index is -0.679. The van der Waals surface area contributed by atoms with Crippen molar-refractivity contribution in [2.24, 2.45) is 0 Å². The normalized spacial score (nSPS) is 10.6. The summed E-state index contributed by atoms with van der Waals surface area (Å²) >= 11 is 0. The van der Waals surface area contributed by atoms with E-state index >= 15 is 0 Å². The van der Waals surface area contributed by atoms with Crippen molar-refractivity contribution in [1.29, 1.82) is 0 Å². The van der Waals surface area contributed by atoms with Gasteiger partial charge in [-0.2, -0.15) is 0 Å². The summed E-state index contributed by atoms with van der Waals surface area (Å²) in [7, 11) is 1.39. The van der Waals surface area contributed by atoms with Gasteiger partial charge < -0.3 is 10.3 Å². The predicted octanol–water partition coefficient (Wildman–Crippen LogP) is 1.73. The highest BCUT2D eigenvalue weighted by Crippen LogP contribution is 2.39. The van der Waals surface area contributed by atoms with E-state index in [1.807, 2.05) is 0 Å². The van der Waals surface area contributed by atoms with Crippen LogP contribution in [0.1, 0.15) is 5.82 Å². The molecule has 0 bridgehead atoms. The zero-order chi connectivity index (χ0) is 13.4. The smallest absolute Gasteiger partial charge is 0.327 e. The van der Waals surface area contributed by atoms with Gasteiger partial charge in [0.2, 0.25) is 0 Å². The second kappa shape index (κ2) is 3.95. The molecule has 0 saturated heterocycles. The van der Waals surface area contributed by atoms with Crippen molar-refractivity contribution in [1.82, 2.24) is 9.97 Å². The number of aromatic nitrogens is 2. The third kappa shape index (κ3) is 1.61. The van der Waals surface area contributed by atoms with Gasteiger partial charge in [0.1, 0.15) is 5.82 Å². The van der Waals surface area contributed by atoms with Gasteiger partial charge in [0.05, 0.1) is 15.4 Å². The van der Waals surface area contributed by atoms with Crippen LogP contribution in [-0.2, 0) is 0 Å². The topological polar surface area (TPSA) is 127 Å². The second-order valence-corrected chi connectivity index (χ2v) is 3.60. The molecule has 1 heterocycles. The van der Waals surface area contributed by atoms with E-state index in [1.165, 1.54) is 13.1 Å². The van der Waals surface area contributed by atoms with E-state index in [2.05, 4.69) is 15.3 Å². The van der Waals surface area contributed by atoms with Crippen LogP contribution in [0.2, 0.25) is 0 Å². The number of rotatable bonds is 3. The van der Waals surface area contributed by atoms with E-state index in [9.17, 15) is 20.2 Å². The fourth-order valence-corrected chi connectivity index (χ4v) is 1.81. The third-order valence-corrected chi connectivity index (χ3v) is 2.48. The summed E-state index contributed by atoms with van der Waals surface area (Å²) < 4.78 is 0. The zero-order valence-corrected chi connectivity index (χ0v) is 9.55. The van der Waals surface area contributed by atoms with Gasteiger partial charge in [-0.25, -0.2) is 4.98 Å². The molecule has 2 N–H and O–H groups in total. The van der Waals surface area contributed by atoms with Gasteiger partial charge >= 0.3 is 11.4 Å². The molecule has 0 aliphatic rings. The zero-order valence-electron chi connectivity index (χ0n) is 9.55. The van der Waals surface area contributed by atoms with E-state index in [-0.39, 0.29) is 22.4 Å². The molecule has 0 spiro atoms. The molecule has 0 unspecified atom stereocenters. The van der Waals surface area contributed by atoms with Crippen LogP contribution in [0.15, 0.2) is 6.07 Å². The number of anilines is 1. The Hall–Kier alpha value is -2.71. The standard InChI is InChI=1S/C9H9N5O4/c1-4-11-5-3-6(13(15)16)8(10-2)9(14(17)18)7(5)12-4/h3,10H,1-2H3,(H,11,12). The number of H-pyrrole nitrogens is 1. The van der Waals surface area contributed by atoms with Gasteiger partial charge in [-0.05, 0) is 6.92 Å². The van der Waals surface area contributed by atoms with Crippen LogP contribution in [0, 0.1) is 27.2 Å². The van der Waals surface area contributed by atoms with Crippen LogP contribution in [0.25, 0.3) is 11.0 Å². The van der Waals surface area contributed by atoms with Gasteiger partial charge in [0.25, 0.3) is 0 Å². The minimum absolute atomic E-state index is 0.104. The van der Waals surface area contributed by atoms with Crippen LogP contribution in [-0.4, -0.2) is 26.9 Å². The van der Waals surface area contributed by atoms with E-state index in [4.69, 9.17) is 0 Å². The van der Waals surface area contributed by atoms with Crippen LogP contribution >= 0.6 is 0 Å². The lowest BCUT2D eigenvalue weighted by Crippen LogP contribution is -2.02. The van der Waals surface area contributed by atoms with Gasteiger partial charge in [-0.1, -0.05) is 0 Å². The first-order valence-electron chi connectivity index (χ1n) is 4.95. The number of aromatic amines is 1. The highest BCUT2D eigenvalue weighted by molar-refractivity contribution is 5.96. The van der Waals surface area contributed by atoms with Crippen molar-refractivity contribution in [3.05, 3.63) is 32.1 Å². The maximum atomic E-state index is 11.1. The summed E-state index contributed by atoms with van der Waals surface area (Å²) in [6.07, 6.45) is 0. The van der Waals surface area contributed by atoms with Gasteiger partial charge in [0, 0.05) is 13.1 Å². The third-order valence-electron chi connectivity index (χ3n) is 2.48. The molecule has 0 radical (unpaired) electrons. The monoisotopic (exact) mass is 251 g/mol. The van der Waals surface area contributed by atoms with Crippen molar-refractivity contribution in [3.63, 3.8) is 0 Å². The fourth-order valence-electron chi connectivity index (χ4n) is 1.81. The average molecular weight is 251 g/mol. The molecule has 0 saturated carbocycles. The van der Waals surface area contributed by atoms with Crippen molar-refractivity contribution >= 4 is 28.1 Å². The highest BCUT2D eigenvalue weighted by Gasteiger charge is 2.29. The molecule has 18 heavy (non-hydrogen) atoms. The molecule has 0 aliphatic carbocycles. The number of nitro benzene ring substituents is 2. The Labute approximate surface area is 100 Å². The van der Waals surface area contributed by atoms with E-state index < -0.39 is 15.5 Å². The predicted molar refractivity (Wildman–Crippen MR) is 63.7 cm³/mol. The maximum absolute atomic E-state index is 11.1. The molecular weight excluding hydrogens is 242 g/mol. The van der Waals surface area contributed by atoms with Gasteiger partial charge in [0.15, 0.2) is 11.2 Å². The number of nitrogens with zero attached hydrogens (tertiary/aromatic N) is 3. The molecular formula is C9H9N5O4. The van der Waals surface area contributed by atoms with Gasteiger partial charge in [-0.15, -0.1) is 0 Å². The molecule has 0 aliphatic heterocycles. The lowest BCUT2D eigenvalue weighted by molar-refractivity contribution is -0.391. The largest absolute Gasteiger partial charge is 0.377 e. The summed E-state index contributed by atoms with van der Waals surface area (Å²) in [5.74, 6) is 0.454. The van der Waals surface area contributed by atoms with Crippen molar-refractivity contribution in [3.8, 4) is 0 Å². The molecule has 2 rings (SSSR count). The number of fused-ring (bicyclic) bond motifs is 1. The number of imidazole rings is 1. The lowest BCUT2D eigenvalue weighted by Gasteiger charge is -2.03. The number of hydrogen-bond acceptors (Lipinski definition) is 6. The van der Waals surface area contributed by atoms with Crippen LogP contribution in [0.4, 0.5) is 17.1 Å². The first-order chi connectivity index (χ1) is 8.45. The van der Waals surface area contributed by atoms with Crippen molar-refractivity contribution < 1.29 is 9.85 Å². The highest BCUT2D eigenvalue weighted by atomic mass is 16.6. The van der Waals surface area contributed by atoms with Crippen LogP contribution < -0.4 is 5.32 Å². The lowest BCUT2D eigenvalue weighted by atomic mass is 10.2. The Bertz CT molecular complexity index is 663. The van der Waals surface area contributed by atoms with Crippen molar-refractivity contribution in [2.75, 3.05) is 12.4 Å². The van der Waals surface area contributed by atoms with E-state index in [1.54, 1.807) is 6.92 Å². The summed E-state index contributed by atoms with van der Waals surface area (Å²) in [4.78, 5) is 27.4. The number of hydrogen-bond donors (Lipinski definition) is 2. The number of nitrogens with one attached hydrogen (secondary N) is 2. The first kappa shape index (κ1) is 11.8. The first-order valence-corrected chi connectivity index (χ1v) is 4.95.